The molecule has 8 nitrogen and oxygen atoms in total. The quantitative estimate of drug-likeness (QED) is 0.528. The lowest BCUT2D eigenvalue weighted by molar-refractivity contribution is -0.140. The third-order valence-electron chi connectivity index (χ3n) is 7.29. The molecule has 0 spiro atoms. The molecule has 36 heavy (non-hydrogen) atoms. The van der Waals surface area contributed by atoms with Gasteiger partial charge in [-0.05, 0) is 25.8 Å². The van der Waals surface area contributed by atoms with Gasteiger partial charge >= 0.3 is 6.18 Å². The highest BCUT2D eigenvalue weighted by Crippen LogP contribution is 2.37. The Morgan fingerprint density at radius 1 is 1.14 bits per heavy atom. The van der Waals surface area contributed by atoms with Gasteiger partial charge in [0.1, 0.15) is 5.82 Å². The van der Waals surface area contributed by atoms with E-state index < -0.39 is 40.8 Å². The Hall–Kier alpha value is -3.41. The number of fused-ring (bicyclic) bond motifs is 3. The van der Waals surface area contributed by atoms with E-state index in [1.807, 2.05) is 5.01 Å². The highest BCUT2D eigenvalue weighted by atomic mass is 19.4. The Morgan fingerprint density at radius 3 is 2.44 bits per heavy atom. The van der Waals surface area contributed by atoms with Gasteiger partial charge in [0, 0.05) is 49.8 Å². The van der Waals surface area contributed by atoms with Gasteiger partial charge in [-0.15, -0.1) is 0 Å². The smallest absolute Gasteiger partial charge is 0.392 e. The number of anilines is 1. The normalized spacial score (nSPS) is 22.8. The fourth-order valence-electron chi connectivity index (χ4n) is 5.37. The molecule has 1 aromatic carbocycles. The number of aliphatic hydroxyl groups excluding tert-OH is 1. The van der Waals surface area contributed by atoms with E-state index in [9.17, 15) is 32.3 Å². The summed E-state index contributed by atoms with van der Waals surface area (Å²) in [7, 11) is 1.39. The van der Waals surface area contributed by atoms with Crippen molar-refractivity contribution in [3.8, 4) is 0 Å². The van der Waals surface area contributed by atoms with Crippen molar-refractivity contribution in [3.63, 3.8) is 0 Å². The van der Waals surface area contributed by atoms with Crippen molar-refractivity contribution in [2.45, 2.75) is 38.1 Å². The molecule has 3 heterocycles. The van der Waals surface area contributed by atoms with Crippen molar-refractivity contribution < 1.29 is 22.7 Å². The highest BCUT2D eigenvalue weighted by Gasteiger charge is 2.41. The van der Waals surface area contributed by atoms with E-state index in [0.29, 0.717) is 19.2 Å². The van der Waals surface area contributed by atoms with E-state index in [-0.39, 0.29) is 34.0 Å². The number of nitrogens with zero attached hydrogens (tertiary/aromatic N) is 4. The van der Waals surface area contributed by atoms with E-state index in [2.05, 4.69) is 10.4 Å². The van der Waals surface area contributed by atoms with Crippen LogP contribution in [0.2, 0.25) is 0 Å². The first kappa shape index (κ1) is 24.3. The molecule has 0 radical (unpaired) electrons. The molecule has 1 saturated carbocycles. The van der Waals surface area contributed by atoms with Gasteiger partial charge in [-0.25, -0.2) is 13.7 Å². The van der Waals surface area contributed by atoms with Crippen LogP contribution in [0, 0.1) is 17.7 Å². The summed E-state index contributed by atoms with van der Waals surface area (Å²) in [4.78, 5) is 25.7. The summed E-state index contributed by atoms with van der Waals surface area (Å²) in [5.41, 5.74) is -2.54. The molecule has 3 aromatic rings. The summed E-state index contributed by atoms with van der Waals surface area (Å²) in [6, 6.07) is 3.31. The second kappa shape index (κ2) is 8.61. The van der Waals surface area contributed by atoms with Crippen LogP contribution in [0.4, 0.5) is 23.4 Å². The number of hydrogen-bond donors (Lipinski definition) is 2. The van der Waals surface area contributed by atoms with Crippen LogP contribution in [-0.2, 0) is 13.2 Å². The monoisotopic (exact) mass is 507 g/mol. The minimum absolute atomic E-state index is 0.0367. The van der Waals surface area contributed by atoms with Crippen molar-refractivity contribution in [1.29, 1.82) is 0 Å². The Balaban J connectivity index is 1.56. The fourth-order valence-corrected chi connectivity index (χ4v) is 5.37. The first-order valence-corrected chi connectivity index (χ1v) is 11.6. The average Bonchev–Trinajstić information content (AvgIpc) is 3.01. The van der Waals surface area contributed by atoms with E-state index in [4.69, 9.17) is 0 Å². The average molecular weight is 507 g/mol. The zero-order valence-electron chi connectivity index (χ0n) is 19.6. The maximum Gasteiger partial charge on any atom is 0.419 e. The number of halogens is 4. The molecular weight excluding hydrogens is 482 g/mol. The summed E-state index contributed by atoms with van der Waals surface area (Å²) in [6.07, 6.45) is -2.06. The van der Waals surface area contributed by atoms with Gasteiger partial charge < -0.3 is 15.4 Å². The number of aryl methyl sites for hydroxylation is 1. The topological polar surface area (TPSA) is 92.4 Å². The number of aliphatic hydroxyl groups is 1. The molecule has 2 aliphatic rings. The zero-order valence-corrected chi connectivity index (χ0v) is 19.6. The lowest BCUT2D eigenvalue weighted by Gasteiger charge is -2.37. The Labute approximate surface area is 202 Å². The molecular formula is C24H25F4N5O3. The van der Waals surface area contributed by atoms with Crippen LogP contribution in [0.1, 0.15) is 36.9 Å². The molecule has 2 unspecified atom stereocenters. The number of piperidine rings is 1. The van der Waals surface area contributed by atoms with Crippen molar-refractivity contribution in [1.82, 2.24) is 14.5 Å². The van der Waals surface area contributed by atoms with Crippen LogP contribution in [0.3, 0.4) is 0 Å². The Morgan fingerprint density at radius 2 is 1.81 bits per heavy atom. The minimum atomic E-state index is -4.85. The number of benzene rings is 1. The molecule has 5 rings (SSSR count). The molecule has 2 aromatic heterocycles. The predicted molar refractivity (Wildman–Crippen MR) is 125 cm³/mol. The lowest BCUT2D eigenvalue weighted by atomic mass is 9.96. The Bertz CT molecular complexity index is 1440. The maximum atomic E-state index is 14.7. The molecule has 3 atom stereocenters. The molecule has 2 bridgehead atoms. The van der Waals surface area contributed by atoms with E-state index in [0.717, 1.165) is 23.6 Å². The van der Waals surface area contributed by atoms with Crippen LogP contribution < -0.4 is 21.4 Å². The second-order valence-electron chi connectivity index (χ2n) is 9.59. The van der Waals surface area contributed by atoms with Crippen molar-refractivity contribution in [3.05, 3.63) is 68.1 Å². The fraction of sp³-hybridized carbons (Fsp3) is 0.458. The lowest BCUT2D eigenvalue weighted by Crippen LogP contribution is -2.53. The van der Waals surface area contributed by atoms with Gasteiger partial charge in [0.15, 0.2) is 5.82 Å². The van der Waals surface area contributed by atoms with Crippen molar-refractivity contribution >= 4 is 16.6 Å². The number of nitrogens with one attached hydrogen (secondary N) is 1. The number of rotatable bonds is 4. The summed E-state index contributed by atoms with van der Waals surface area (Å²) >= 11 is 0. The third-order valence-corrected chi connectivity index (χ3v) is 7.29. The molecule has 1 saturated heterocycles. The molecule has 1 aliphatic heterocycles. The van der Waals surface area contributed by atoms with Gasteiger partial charge in [0.05, 0.1) is 28.5 Å². The summed E-state index contributed by atoms with van der Waals surface area (Å²) in [6.45, 7) is 2.42. The number of pyridine rings is 1. The highest BCUT2D eigenvalue weighted by molar-refractivity contribution is 5.90. The minimum Gasteiger partial charge on any atom is -0.392 e. The van der Waals surface area contributed by atoms with E-state index in [1.165, 1.54) is 37.0 Å². The number of aromatic nitrogens is 3. The molecule has 192 valence electrons. The maximum absolute atomic E-state index is 14.7. The van der Waals surface area contributed by atoms with Crippen molar-refractivity contribution in [2.75, 3.05) is 23.4 Å². The molecule has 2 fully saturated rings. The molecule has 0 amide bonds. The van der Waals surface area contributed by atoms with Crippen LogP contribution in [-0.4, -0.2) is 38.8 Å². The summed E-state index contributed by atoms with van der Waals surface area (Å²) in [5.74, 6) is -1.20. The van der Waals surface area contributed by atoms with E-state index in [1.54, 1.807) is 0 Å². The zero-order chi connectivity index (χ0) is 25.9. The van der Waals surface area contributed by atoms with E-state index >= 15 is 0 Å². The predicted octanol–water partition coefficient (Wildman–Crippen LogP) is 2.76. The summed E-state index contributed by atoms with van der Waals surface area (Å²) in [5, 5.41) is 19.7. The summed E-state index contributed by atoms with van der Waals surface area (Å²) < 4.78 is 56.8. The number of hydrogen-bond acceptors (Lipinski definition) is 6. The van der Waals surface area contributed by atoms with Crippen LogP contribution >= 0.6 is 0 Å². The molecule has 1 aliphatic carbocycles. The van der Waals surface area contributed by atoms with Crippen LogP contribution in [0.5, 0.6) is 0 Å². The standard InChI is InChI=1S/C24H25F4N5O3/c1-12(15-4-3-5-18(20(15)25)24(26,27)28)29-22-17-11-33(19(34)8-16(17)23(36)31(2)30-22)32-9-13-6-7-14(10-32)21(13)35/h3-5,8,11-14,21,35H,6-7,9-10H2,1-2H3,(H,29,30)/t12-,13?,14?,21?/m1/s1. The SMILES string of the molecule is C[C@@H](Nc1nn(C)c(=O)c2cc(=O)n(N3CC4CCC(C3)C4O)cc12)c1cccc(C(F)(F)F)c1F. The van der Waals surface area contributed by atoms with Gasteiger partial charge in [-0.3, -0.25) is 9.59 Å². The second-order valence-corrected chi connectivity index (χ2v) is 9.59. The number of alkyl halides is 3. The van der Waals surface area contributed by atoms with Gasteiger partial charge in [-0.2, -0.15) is 18.3 Å². The van der Waals surface area contributed by atoms with Crippen molar-refractivity contribution in [2.24, 2.45) is 18.9 Å². The van der Waals surface area contributed by atoms with Gasteiger partial charge in [0.25, 0.3) is 11.1 Å². The Kier molecular flexibility index (Phi) is 5.81. The first-order chi connectivity index (χ1) is 17.0. The van der Waals surface area contributed by atoms with Crippen LogP contribution in [0.15, 0.2) is 40.1 Å². The molecule has 2 N–H and O–H groups in total. The first-order valence-electron chi connectivity index (χ1n) is 11.6. The van der Waals surface area contributed by atoms with Gasteiger partial charge in [-0.1, -0.05) is 12.1 Å². The van der Waals surface area contributed by atoms with Crippen LogP contribution in [0.25, 0.3) is 10.8 Å². The molecule has 12 heteroatoms. The third kappa shape index (κ3) is 4.02. The van der Waals surface area contributed by atoms with Gasteiger partial charge in [0.2, 0.25) is 0 Å². The largest absolute Gasteiger partial charge is 0.419 e.